The van der Waals surface area contributed by atoms with Gasteiger partial charge in [0.2, 0.25) is 6.79 Å². The first-order valence-electron chi connectivity index (χ1n) is 8.86. The van der Waals surface area contributed by atoms with Crippen LogP contribution in [0.25, 0.3) is 0 Å². The van der Waals surface area contributed by atoms with E-state index in [0.717, 1.165) is 5.56 Å². The summed E-state index contributed by atoms with van der Waals surface area (Å²) >= 11 is 1.28. The van der Waals surface area contributed by atoms with E-state index < -0.39 is 11.6 Å². The van der Waals surface area contributed by atoms with Crippen LogP contribution in [0.5, 0.6) is 11.5 Å². The van der Waals surface area contributed by atoms with E-state index in [0.29, 0.717) is 28.6 Å². The van der Waals surface area contributed by atoms with Gasteiger partial charge in [-0.05, 0) is 36.8 Å². The molecule has 0 spiro atoms. The van der Waals surface area contributed by atoms with Crippen molar-refractivity contribution in [1.82, 2.24) is 10.2 Å². The molecule has 4 rings (SSSR count). The lowest BCUT2D eigenvalue weighted by Gasteiger charge is -2.22. The van der Waals surface area contributed by atoms with Gasteiger partial charge in [0.25, 0.3) is 5.91 Å². The molecule has 1 N–H and O–H groups in total. The lowest BCUT2D eigenvalue weighted by molar-refractivity contribution is -0.130. The summed E-state index contributed by atoms with van der Waals surface area (Å²) in [7, 11) is 0. The van der Waals surface area contributed by atoms with Gasteiger partial charge in [0.1, 0.15) is 11.4 Å². The number of carbonyl (C=O) groups excluding carboxylic acids is 2. The minimum Gasteiger partial charge on any atom is -0.454 e. The fourth-order valence-electron chi connectivity index (χ4n) is 3.34. The third-order valence-corrected chi connectivity index (χ3v) is 5.78. The number of urea groups is 1. The van der Waals surface area contributed by atoms with E-state index in [1.165, 1.54) is 22.7 Å². The first kappa shape index (κ1) is 18.6. The monoisotopic (exact) mass is 402 g/mol. The Kier molecular flexibility index (Phi) is 4.89. The third-order valence-electron chi connectivity index (χ3n) is 4.75. The number of rotatable bonds is 6. The lowest BCUT2D eigenvalue weighted by atomic mass is 9.92. The molecule has 2 heterocycles. The van der Waals surface area contributed by atoms with Crippen molar-refractivity contribution in [2.24, 2.45) is 0 Å². The Morgan fingerprint density at radius 3 is 2.79 bits per heavy atom. The zero-order valence-corrected chi connectivity index (χ0v) is 16.1. The quantitative estimate of drug-likeness (QED) is 0.594. The van der Waals surface area contributed by atoms with Crippen molar-refractivity contribution in [3.63, 3.8) is 0 Å². The molecule has 1 atom stereocenters. The second kappa shape index (κ2) is 7.35. The van der Waals surface area contributed by atoms with E-state index in [9.17, 15) is 14.0 Å². The summed E-state index contributed by atoms with van der Waals surface area (Å²) in [5.41, 5.74) is -0.170. The zero-order chi connectivity index (χ0) is 19.7. The molecule has 2 aromatic carbocycles. The van der Waals surface area contributed by atoms with Crippen molar-refractivity contribution in [1.29, 1.82) is 0 Å². The Balaban J connectivity index is 1.40. The maximum Gasteiger partial charge on any atom is 0.325 e. The summed E-state index contributed by atoms with van der Waals surface area (Å²) in [4.78, 5) is 26.9. The number of halogens is 1. The van der Waals surface area contributed by atoms with Gasteiger partial charge in [0.15, 0.2) is 11.5 Å². The van der Waals surface area contributed by atoms with Gasteiger partial charge in [-0.2, -0.15) is 0 Å². The van der Waals surface area contributed by atoms with Gasteiger partial charge in [-0.25, -0.2) is 9.18 Å². The molecule has 3 amide bonds. The van der Waals surface area contributed by atoms with E-state index in [1.54, 1.807) is 31.2 Å². The minimum atomic E-state index is -1.03. The van der Waals surface area contributed by atoms with E-state index in [4.69, 9.17) is 9.47 Å². The number of hydrogen-bond acceptors (Lipinski definition) is 5. The van der Waals surface area contributed by atoms with E-state index in [1.807, 2.05) is 12.1 Å². The van der Waals surface area contributed by atoms with Crippen LogP contribution >= 0.6 is 11.8 Å². The van der Waals surface area contributed by atoms with Crippen molar-refractivity contribution in [2.45, 2.75) is 23.8 Å². The van der Waals surface area contributed by atoms with Crippen LogP contribution in [0.2, 0.25) is 0 Å². The largest absolute Gasteiger partial charge is 0.454 e. The van der Waals surface area contributed by atoms with Crippen LogP contribution < -0.4 is 14.8 Å². The number of hydrogen-bond donors (Lipinski definition) is 1. The summed E-state index contributed by atoms with van der Waals surface area (Å²) < 4.78 is 24.4. The van der Waals surface area contributed by atoms with Gasteiger partial charge in [-0.15, -0.1) is 11.8 Å². The van der Waals surface area contributed by atoms with Crippen LogP contribution in [0.15, 0.2) is 47.4 Å². The van der Waals surface area contributed by atoms with Crippen molar-refractivity contribution >= 4 is 23.7 Å². The highest BCUT2D eigenvalue weighted by molar-refractivity contribution is 7.99. The predicted molar refractivity (Wildman–Crippen MR) is 102 cm³/mol. The van der Waals surface area contributed by atoms with Crippen LogP contribution in [0.4, 0.5) is 9.18 Å². The number of fused-ring (bicyclic) bond motifs is 1. The predicted octanol–water partition coefficient (Wildman–Crippen LogP) is 3.20. The van der Waals surface area contributed by atoms with Gasteiger partial charge >= 0.3 is 6.03 Å². The van der Waals surface area contributed by atoms with Crippen LogP contribution in [0.3, 0.4) is 0 Å². The summed E-state index contributed by atoms with van der Waals surface area (Å²) in [5, 5.41) is 2.79. The molecule has 0 bridgehead atoms. The minimum absolute atomic E-state index is 0.180. The summed E-state index contributed by atoms with van der Waals surface area (Å²) in [6.07, 6.45) is 0.338. The Labute approximate surface area is 166 Å². The smallest absolute Gasteiger partial charge is 0.325 e. The lowest BCUT2D eigenvalue weighted by Crippen LogP contribution is -2.46. The number of imide groups is 1. The van der Waals surface area contributed by atoms with Crippen LogP contribution in [0.1, 0.15) is 12.5 Å². The Morgan fingerprint density at radius 1 is 1.18 bits per heavy atom. The Hall–Kier alpha value is -2.74. The van der Waals surface area contributed by atoms with Gasteiger partial charge in [-0.1, -0.05) is 18.2 Å². The highest BCUT2D eigenvalue weighted by atomic mass is 32.2. The fraction of sp³-hybridized carbons (Fsp3) is 0.300. The standard InChI is InChI=1S/C20H19FN2O4S/c1-20(11-13-6-7-15-16(10-13)27-12-26-15)18(24)23(19(25)22-20)8-9-28-17-5-3-2-4-14(17)21/h2-7,10H,8-9,11-12H2,1H3,(H,22,25)/t20-/m1/s1. The number of nitrogens with one attached hydrogen (secondary N) is 1. The second-order valence-corrected chi connectivity index (χ2v) is 8.00. The van der Waals surface area contributed by atoms with Gasteiger partial charge < -0.3 is 14.8 Å². The number of benzene rings is 2. The maximum atomic E-state index is 13.7. The van der Waals surface area contributed by atoms with E-state index in [-0.39, 0.29) is 25.1 Å². The molecule has 1 saturated heterocycles. The second-order valence-electron chi connectivity index (χ2n) is 6.86. The van der Waals surface area contributed by atoms with Crippen LogP contribution in [-0.4, -0.2) is 41.5 Å². The average Bonchev–Trinajstić information content (AvgIpc) is 3.20. The number of nitrogens with zero attached hydrogens (tertiary/aromatic N) is 1. The van der Waals surface area contributed by atoms with Crippen molar-refractivity contribution in [2.75, 3.05) is 19.1 Å². The molecule has 2 aliphatic heterocycles. The highest BCUT2D eigenvalue weighted by Crippen LogP contribution is 2.34. The number of thioether (sulfide) groups is 1. The van der Waals surface area contributed by atoms with Crippen molar-refractivity contribution in [3.05, 3.63) is 53.8 Å². The molecule has 0 saturated carbocycles. The summed E-state index contributed by atoms with van der Waals surface area (Å²) in [6.45, 7) is 2.10. The fourth-order valence-corrected chi connectivity index (χ4v) is 4.21. The molecule has 6 nitrogen and oxygen atoms in total. The first-order chi connectivity index (χ1) is 13.5. The molecule has 28 heavy (non-hydrogen) atoms. The molecule has 0 unspecified atom stereocenters. The van der Waals surface area contributed by atoms with Gasteiger partial charge in [-0.3, -0.25) is 9.69 Å². The van der Waals surface area contributed by atoms with Crippen molar-refractivity contribution in [3.8, 4) is 11.5 Å². The summed E-state index contributed by atoms with van der Waals surface area (Å²) in [5.74, 6) is 1.13. The molecule has 0 radical (unpaired) electrons. The molecule has 0 aliphatic carbocycles. The van der Waals surface area contributed by atoms with Gasteiger partial charge in [0.05, 0.1) is 0 Å². The molecule has 0 aromatic heterocycles. The molecule has 2 aliphatic rings. The molecule has 8 heteroatoms. The topological polar surface area (TPSA) is 67.9 Å². The average molecular weight is 402 g/mol. The van der Waals surface area contributed by atoms with E-state index >= 15 is 0 Å². The van der Waals surface area contributed by atoms with Crippen molar-refractivity contribution < 1.29 is 23.5 Å². The number of amides is 3. The number of ether oxygens (including phenoxy) is 2. The Bertz CT molecular complexity index is 938. The van der Waals surface area contributed by atoms with Gasteiger partial charge in [0, 0.05) is 23.6 Å². The molecule has 2 aromatic rings. The molecular weight excluding hydrogens is 383 g/mol. The highest BCUT2D eigenvalue weighted by Gasteiger charge is 2.47. The SMILES string of the molecule is C[C@]1(Cc2ccc3c(c2)OCO3)NC(=O)N(CCSc2ccccc2F)C1=O. The maximum absolute atomic E-state index is 13.7. The normalized spacial score (nSPS) is 20.6. The van der Waals surface area contributed by atoms with E-state index in [2.05, 4.69) is 5.32 Å². The Morgan fingerprint density at radius 2 is 1.96 bits per heavy atom. The molecular formula is C20H19FN2O4S. The van der Waals surface area contributed by atoms with Crippen LogP contribution in [-0.2, 0) is 11.2 Å². The number of carbonyl (C=O) groups is 2. The zero-order valence-electron chi connectivity index (χ0n) is 15.2. The molecule has 146 valence electrons. The molecule has 1 fully saturated rings. The first-order valence-corrected chi connectivity index (χ1v) is 9.85. The summed E-state index contributed by atoms with van der Waals surface area (Å²) in [6, 6.07) is 11.5. The van der Waals surface area contributed by atoms with Crippen LogP contribution in [0, 0.1) is 5.82 Å². The third kappa shape index (κ3) is 3.52.